The quantitative estimate of drug-likeness (QED) is 0.664. The van der Waals surface area contributed by atoms with E-state index in [1.54, 1.807) is 7.11 Å². The minimum atomic E-state index is -0.121. The molecule has 0 aromatic heterocycles. The van der Waals surface area contributed by atoms with Gasteiger partial charge in [0.2, 0.25) is 5.91 Å². The van der Waals surface area contributed by atoms with Crippen LogP contribution < -0.4 is 10.6 Å². The molecule has 4 heteroatoms. The first kappa shape index (κ1) is 17.4. The minimum absolute atomic E-state index is 0.0596. The van der Waals surface area contributed by atoms with Crippen LogP contribution in [0.2, 0.25) is 0 Å². The van der Waals surface area contributed by atoms with E-state index in [1.165, 1.54) is 0 Å². The lowest BCUT2D eigenvalue weighted by Crippen LogP contribution is -2.47. The highest BCUT2D eigenvalue weighted by molar-refractivity contribution is 5.78. The van der Waals surface area contributed by atoms with Crippen LogP contribution >= 0.6 is 0 Å². The highest BCUT2D eigenvalue weighted by atomic mass is 16.5. The molecule has 0 fully saturated rings. The molecule has 18 heavy (non-hydrogen) atoms. The lowest BCUT2D eigenvalue weighted by molar-refractivity contribution is -0.121. The Hall–Kier alpha value is -0.610. The molecule has 0 aliphatic rings. The Labute approximate surface area is 112 Å². The first-order valence-corrected chi connectivity index (χ1v) is 6.73. The smallest absolute Gasteiger partial charge is 0.234 e. The molecular formula is C14H30N2O2. The first-order chi connectivity index (χ1) is 8.22. The van der Waals surface area contributed by atoms with Gasteiger partial charge < -0.3 is 15.4 Å². The summed E-state index contributed by atoms with van der Waals surface area (Å²) in [7, 11) is 1.71. The summed E-state index contributed by atoms with van der Waals surface area (Å²) in [5, 5.41) is 6.22. The molecule has 0 aliphatic carbocycles. The van der Waals surface area contributed by atoms with Crippen LogP contribution in [0.25, 0.3) is 0 Å². The maximum absolute atomic E-state index is 11.7. The van der Waals surface area contributed by atoms with E-state index in [0.717, 1.165) is 26.0 Å². The van der Waals surface area contributed by atoms with Gasteiger partial charge in [0.15, 0.2) is 0 Å². The number of rotatable bonds is 9. The highest BCUT2D eigenvalue weighted by Gasteiger charge is 2.20. The molecular weight excluding hydrogens is 228 g/mol. The predicted octanol–water partition coefficient (Wildman–Crippen LogP) is 1.94. The molecule has 0 atom stereocenters. The Bertz CT molecular complexity index is 250. The van der Waals surface area contributed by atoms with Gasteiger partial charge in [0, 0.05) is 25.8 Å². The highest BCUT2D eigenvalue weighted by Crippen LogP contribution is 2.18. The van der Waals surface area contributed by atoms with Gasteiger partial charge in [0.1, 0.15) is 0 Å². The van der Waals surface area contributed by atoms with Crippen LogP contribution in [0.15, 0.2) is 0 Å². The molecule has 0 heterocycles. The Kier molecular flexibility index (Phi) is 7.48. The summed E-state index contributed by atoms with van der Waals surface area (Å²) >= 11 is 0. The zero-order chi connectivity index (χ0) is 14.2. The molecule has 0 aromatic rings. The second-order valence-corrected chi connectivity index (χ2v) is 6.30. The zero-order valence-corrected chi connectivity index (χ0v) is 12.9. The minimum Gasteiger partial charge on any atom is -0.385 e. The fourth-order valence-electron chi connectivity index (χ4n) is 1.49. The van der Waals surface area contributed by atoms with Crippen LogP contribution in [0.5, 0.6) is 0 Å². The second-order valence-electron chi connectivity index (χ2n) is 6.30. The molecule has 0 saturated carbocycles. The maximum atomic E-state index is 11.7. The molecule has 0 rings (SSSR count). The van der Waals surface area contributed by atoms with Crippen LogP contribution in [-0.2, 0) is 9.53 Å². The number of ether oxygens (including phenoxy) is 1. The Morgan fingerprint density at radius 2 is 1.83 bits per heavy atom. The Morgan fingerprint density at radius 1 is 1.22 bits per heavy atom. The number of amides is 1. The van der Waals surface area contributed by atoms with Crippen molar-refractivity contribution in [2.24, 2.45) is 5.41 Å². The van der Waals surface area contributed by atoms with Crippen LogP contribution in [-0.4, -0.2) is 38.3 Å². The van der Waals surface area contributed by atoms with E-state index >= 15 is 0 Å². The summed E-state index contributed by atoms with van der Waals surface area (Å²) in [6, 6.07) is 0. The fraction of sp³-hybridized carbons (Fsp3) is 0.929. The van der Waals surface area contributed by atoms with Crippen molar-refractivity contribution in [2.45, 2.75) is 53.0 Å². The molecule has 0 radical (unpaired) electrons. The number of carbonyl (C=O) groups is 1. The molecule has 0 aromatic carbocycles. The van der Waals surface area contributed by atoms with Gasteiger partial charge in [-0.2, -0.15) is 0 Å². The first-order valence-electron chi connectivity index (χ1n) is 6.73. The lowest BCUT2D eigenvalue weighted by Gasteiger charge is -2.27. The zero-order valence-electron chi connectivity index (χ0n) is 12.9. The molecule has 2 N–H and O–H groups in total. The van der Waals surface area contributed by atoms with Crippen molar-refractivity contribution in [1.82, 2.24) is 10.6 Å². The van der Waals surface area contributed by atoms with Crippen molar-refractivity contribution in [3.05, 3.63) is 0 Å². The molecule has 0 aliphatic heterocycles. The summed E-state index contributed by atoms with van der Waals surface area (Å²) in [6.45, 7) is 12.4. The molecule has 0 saturated heterocycles. The molecule has 4 nitrogen and oxygen atoms in total. The summed E-state index contributed by atoms with van der Waals surface area (Å²) in [4.78, 5) is 11.7. The van der Waals surface area contributed by atoms with Gasteiger partial charge in [0.05, 0.1) is 6.54 Å². The summed E-state index contributed by atoms with van der Waals surface area (Å²) in [5.74, 6) is 0.0596. The van der Waals surface area contributed by atoms with Gasteiger partial charge in [-0.15, -0.1) is 0 Å². The van der Waals surface area contributed by atoms with Crippen molar-refractivity contribution in [3.63, 3.8) is 0 Å². The van der Waals surface area contributed by atoms with Gasteiger partial charge in [-0.1, -0.05) is 20.8 Å². The molecule has 108 valence electrons. The average molecular weight is 258 g/mol. The van der Waals surface area contributed by atoms with Crippen LogP contribution in [0.4, 0.5) is 0 Å². The average Bonchev–Trinajstić information content (AvgIpc) is 2.25. The monoisotopic (exact) mass is 258 g/mol. The third kappa shape index (κ3) is 8.48. The Morgan fingerprint density at radius 3 is 2.33 bits per heavy atom. The maximum Gasteiger partial charge on any atom is 0.234 e. The molecule has 0 unspecified atom stereocenters. The molecule has 0 bridgehead atoms. The predicted molar refractivity (Wildman–Crippen MR) is 75.7 cm³/mol. The summed E-state index contributed by atoms with van der Waals surface area (Å²) < 4.78 is 5.08. The van der Waals surface area contributed by atoms with Crippen LogP contribution in [0, 0.1) is 5.41 Å². The number of carbonyl (C=O) groups excluding carboxylic acids is 1. The summed E-state index contributed by atoms with van der Waals surface area (Å²) in [6.07, 6.45) is 1.91. The summed E-state index contributed by atoms with van der Waals surface area (Å²) in [5.41, 5.74) is 0.0287. The van der Waals surface area contributed by atoms with Crippen molar-refractivity contribution >= 4 is 5.91 Å². The molecule has 0 spiro atoms. The topological polar surface area (TPSA) is 50.4 Å². The van der Waals surface area contributed by atoms with E-state index in [-0.39, 0.29) is 16.9 Å². The largest absolute Gasteiger partial charge is 0.385 e. The van der Waals surface area contributed by atoms with Gasteiger partial charge in [-0.3, -0.25) is 4.79 Å². The van der Waals surface area contributed by atoms with Crippen molar-refractivity contribution in [1.29, 1.82) is 0 Å². The fourth-order valence-corrected chi connectivity index (χ4v) is 1.49. The van der Waals surface area contributed by atoms with Gasteiger partial charge in [-0.05, 0) is 32.1 Å². The van der Waals surface area contributed by atoms with Gasteiger partial charge in [0.25, 0.3) is 0 Å². The van der Waals surface area contributed by atoms with Crippen molar-refractivity contribution < 1.29 is 9.53 Å². The van der Waals surface area contributed by atoms with Crippen molar-refractivity contribution in [3.8, 4) is 0 Å². The van der Waals surface area contributed by atoms with E-state index in [2.05, 4.69) is 31.4 Å². The van der Waals surface area contributed by atoms with Crippen molar-refractivity contribution in [2.75, 3.05) is 26.8 Å². The molecule has 1 amide bonds. The normalized spacial score (nSPS) is 12.6. The van der Waals surface area contributed by atoms with E-state index < -0.39 is 0 Å². The van der Waals surface area contributed by atoms with Gasteiger partial charge >= 0.3 is 0 Å². The SMILES string of the molecule is CCC(C)(C)NC(=O)CNCC(C)(C)CCOC. The van der Waals surface area contributed by atoms with E-state index in [4.69, 9.17) is 4.74 Å². The number of hydrogen-bond donors (Lipinski definition) is 2. The van der Waals surface area contributed by atoms with Crippen LogP contribution in [0.1, 0.15) is 47.5 Å². The standard InChI is InChI=1S/C14H30N2O2/c1-7-14(4,5)16-12(17)10-15-11-13(2,3)8-9-18-6/h15H,7-11H2,1-6H3,(H,16,17). The lowest BCUT2D eigenvalue weighted by atomic mass is 9.90. The third-order valence-corrected chi connectivity index (χ3v) is 3.23. The number of hydrogen-bond acceptors (Lipinski definition) is 3. The Balaban J connectivity index is 3.87. The van der Waals surface area contributed by atoms with E-state index in [0.29, 0.717) is 6.54 Å². The van der Waals surface area contributed by atoms with E-state index in [1.807, 2.05) is 13.8 Å². The van der Waals surface area contributed by atoms with Gasteiger partial charge in [-0.25, -0.2) is 0 Å². The number of methoxy groups -OCH3 is 1. The number of nitrogens with one attached hydrogen (secondary N) is 2. The third-order valence-electron chi connectivity index (χ3n) is 3.23. The van der Waals surface area contributed by atoms with E-state index in [9.17, 15) is 4.79 Å². The van der Waals surface area contributed by atoms with Crippen LogP contribution in [0.3, 0.4) is 0 Å². The second kappa shape index (κ2) is 7.74.